The summed E-state index contributed by atoms with van der Waals surface area (Å²) in [6.07, 6.45) is 4.47. The van der Waals surface area contributed by atoms with Crippen LogP contribution in [0.25, 0.3) is 0 Å². The second-order valence-electron chi connectivity index (χ2n) is 4.07. The van der Waals surface area contributed by atoms with E-state index in [0.29, 0.717) is 19.0 Å². The Morgan fingerprint density at radius 2 is 2.11 bits per heavy atom. The van der Waals surface area contributed by atoms with Gasteiger partial charge in [-0.1, -0.05) is 6.92 Å². The number of Topliss-reactive ketones (excluding diaryl/α,β-unsaturated/α-hetero) is 1. The molecule has 0 aliphatic heterocycles. The van der Waals surface area contributed by atoms with Crippen molar-refractivity contribution in [1.82, 2.24) is 9.78 Å². The first-order chi connectivity index (χ1) is 9.15. The van der Waals surface area contributed by atoms with Crippen molar-refractivity contribution in [3.63, 3.8) is 0 Å². The van der Waals surface area contributed by atoms with Crippen LogP contribution in [0.4, 0.5) is 0 Å². The number of carbonyl (C=O) groups is 2. The molecule has 0 N–H and O–H groups in total. The van der Waals surface area contributed by atoms with Gasteiger partial charge in [-0.25, -0.2) is 0 Å². The van der Waals surface area contributed by atoms with Crippen LogP contribution in [0.5, 0.6) is 5.75 Å². The molecule has 0 spiro atoms. The van der Waals surface area contributed by atoms with E-state index in [1.807, 2.05) is 6.92 Å². The third kappa shape index (κ3) is 6.03. The van der Waals surface area contributed by atoms with Gasteiger partial charge in [-0.3, -0.25) is 14.3 Å². The molecule has 0 amide bonds. The van der Waals surface area contributed by atoms with Crippen molar-refractivity contribution in [1.29, 1.82) is 0 Å². The fourth-order valence-corrected chi connectivity index (χ4v) is 1.46. The van der Waals surface area contributed by atoms with Crippen molar-refractivity contribution in [2.24, 2.45) is 0 Å². The summed E-state index contributed by atoms with van der Waals surface area (Å²) in [5.41, 5.74) is 0. The zero-order valence-corrected chi connectivity index (χ0v) is 11.4. The number of ether oxygens (including phenoxy) is 2. The molecule has 0 unspecified atom stereocenters. The minimum Gasteiger partial charge on any atom is -0.490 e. The molecule has 0 aromatic carbocycles. The molecule has 1 heterocycles. The van der Waals surface area contributed by atoms with Gasteiger partial charge in [0.15, 0.2) is 11.5 Å². The van der Waals surface area contributed by atoms with Gasteiger partial charge < -0.3 is 9.47 Å². The lowest BCUT2D eigenvalue weighted by Gasteiger charge is -2.02. The maximum absolute atomic E-state index is 11.6. The van der Waals surface area contributed by atoms with E-state index >= 15 is 0 Å². The van der Waals surface area contributed by atoms with Crippen LogP contribution in [-0.4, -0.2) is 34.7 Å². The van der Waals surface area contributed by atoms with E-state index < -0.39 is 0 Å². The molecule has 0 saturated carbocycles. The first-order valence-corrected chi connectivity index (χ1v) is 6.48. The smallest absolute Gasteiger partial charge is 0.306 e. The van der Waals surface area contributed by atoms with Crippen LogP contribution in [0.1, 0.15) is 33.1 Å². The zero-order chi connectivity index (χ0) is 14.1. The highest BCUT2D eigenvalue weighted by Gasteiger charge is 2.09. The molecule has 19 heavy (non-hydrogen) atoms. The molecule has 1 aromatic rings. The van der Waals surface area contributed by atoms with E-state index in [4.69, 9.17) is 9.47 Å². The number of hydrogen-bond donors (Lipinski definition) is 0. The van der Waals surface area contributed by atoms with Gasteiger partial charge in [-0.15, -0.1) is 0 Å². The summed E-state index contributed by atoms with van der Waals surface area (Å²) in [6, 6.07) is 0. The molecule has 1 rings (SSSR count). The van der Waals surface area contributed by atoms with Crippen LogP contribution in [0.15, 0.2) is 12.4 Å². The summed E-state index contributed by atoms with van der Waals surface area (Å²) < 4.78 is 11.6. The van der Waals surface area contributed by atoms with Crippen molar-refractivity contribution in [3.05, 3.63) is 12.4 Å². The van der Waals surface area contributed by atoms with Gasteiger partial charge >= 0.3 is 5.97 Å². The summed E-state index contributed by atoms with van der Waals surface area (Å²) >= 11 is 0. The summed E-state index contributed by atoms with van der Waals surface area (Å²) in [5.74, 6) is 0.251. The molecule has 0 bridgehead atoms. The number of hydrogen-bond acceptors (Lipinski definition) is 5. The normalized spacial score (nSPS) is 10.2. The topological polar surface area (TPSA) is 70.4 Å². The lowest BCUT2D eigenvalue weighted by Crippen LogP contribution is -2.13. The molecule has 0 fully saturated rings. The molecule has 0 atom stereocenters. The van der Waals surface area contributed by atoms with Crippen molar-refractivity contribution in [3.8, 4) is 5.75 Å². The minimum atomic E-state index is -0.344. The van der Waals surface area contributed by atoms with Crippen LogP contribution < -0.4 is 4.74 Å². The highest BCUT2D eigenvalue weighted by molar-refractivity contribution is 5.82. The second-order valence-corrected chi connectivity index (χ2v) is 4.07. The lowest BCUT2D eigenvalue weighted by atomic mass is 10.2. The molecule has 6 nitrogen and oxygen atoms in total. The van der Waals surface area contributed by atoms with E-state index in [1.165, 1.54) is 4.68 Å². The quantitative estimate of drug-likeness (QED) is 0.636. The molecular formula is C13H20N2O4. The second kappa shape index (κ2) is 8.29. The van der Waals surface area contributed by atoms with Gasteiger partial charge in [0.1, 0.15) is 0 Å². The van der Waals surface area contributed by atoms with Gasteiger partial charge in [-0.05, 0) is 13.3 Å². The summed E-state index contributed by atoms with van der Waals surface area (Å²) in [5, 5.41) is 4.03. The van der Waals surface area contributed by atoms with Crippen molar-refractivity contribution >= 4 is 11.8 Å². The van der Waals surface area contributed by atoms with Crippen LogP contribution in [0, 0.1) is 0 Å². The third-order valence-electron chi connectivity index (χ3n) is 2.33. The highest BCUT2D eigenvalue weighted by atomic mass is 16.5. The third-order valence-corrected chi connectivity index (χ3v) is 2.33. The summed E-state index contributed by atoms with van der Waals surface area (Å²) in [7, 11) is 0. The predicted octanol–water partition coefficient (Wildman–Crippen LogP) is 1.58. The molecule has 6 heteroatoms. The first-order valence-electron chi connectivity index (χ1n) is 6.48. The van der Waals surface area contributed by atoms with Gasteiger partial charge in [0.05, 0.1) is 38.6 Å². The molecule has 0 aliphatic rings. The van der Waals surface area contributed by atoms with E-state index in [0.717, 1.165) is 6.42 Å². The summed E-state index contributed by atoms with van der Waals surface area (Å²) in [6.45, 7) is 4.87. The number of nitrogens with zero attached hydrogens (tertiary/aromatic N) is 2. The molecular weight excluding hydrogens is 248 g/mol. The summed E-state index contributed by atoms with van der Waals surface area (Å²) in [4.78, 5) is 22.7. The van der Waals surface area contributed by atoms with Crippen LogP contribution >= 0.6 is 0 Å². The number of rotatable bonds is 9. The maximum atomic E-state index is 11.6. The Morgan fingerprint density at radius 3 is 2.79 bits per heavy atom. The largest absolute Gasteiger partial charge is 0.490 e. The van der Waals surface area contributed by atoms with Crippen LogP contribution in [0.3, 0.4) is 0 Å². The average Bonchev–Trinajstić information content (AvgIpc) is 2.82. The molecule has 106 valence electrons. The fourth-order valence-electron chi connectivity index (χ4n) is 1.46. The Hall–Kier alpha value is -1.85. The van der Waals surface area contributed by atoms with Crippen LogP contribution in [0.2, 0.25) is 0 Å². The SMILES string of the molecule is CCCOc1cnn(CC(=O)CCC(=O)OCC)c1. The van der Waals surface area contributed by atoms with Gasteiger partial charge in [-0.2, -0.15) is 5.10 Å². The number of ketones is 1. The number of aromatic nitrogens is 2. The van der Waals surface area contributed by atoms with Crippen molar-refractivity contribution in [2.75, 3.05) is 13.2 Å². The minimum absolute atomic E-state index is 0.0572. The van der Waals surface area contributed by atoms with Gasteiger partial charge in [0, 0.05) is 6.42 Å². The highest BCUT2D eigenvalue weighted by Crippen LogP contribution is 2.09. The predicted molar refractivity (Wildman–Crippen MR) is 68.9 cm³/mol. The van der Waals surface area contributed by atoms with Gasteiger partial charge in [0.2, 0.25) is 0 Å². The fraction of sp³-hybridized carbons (Fsp3) is 0.615. The Morgan fingerprint density at radius 1 is 1.32 bits per heavy atom. The zero-order valence-electron chi connectivity index (χ0n) is 11.4. The van der Waals surface area contributed by atoms with Gasteiger partial charge in [0.25, 0.3) is 0 Å². The molecule has 0 radical (unpaired) electrons. The van der Waals surface area contributed by atoms with E-state index in [-0.39, 0.29) is 31.1 Å². The molecule has 0 aliphatic carbocycles. The Kier molecular flexibility index (Phi) is 6.63. The lowest BCUT2D eigenvalue weighted by molar-refractivity contribution is -0.144. The molecule has 0 saturated heterocycles. The number of esters is 1. The molecule has 1 aromatic heterocycles. The Labute approximate surface area is 112 Å². The Bertz CT molecular complexity index is 415. The Balaban J connectivity index is 2.31. The van der Waals surface area contributed by atoms with E-state index in [9.17, 15) is 9.59 Å². The van der Waals surface area contributed by atoms with Crippen LogP contribution in [-0.2, 0) is 20.9 Å². The standard InChI is InChI=1S/C13H20N2O4/c1-3-7-19-12-8-14-15(10-12)9-11(16)5-6-13(17)18-4-2/h8,10H,3-7,9H2,1-2H3. The monoisotopic (exact) mass is 268 g/mol. The average molecular weight is 268 g/mol. The maximum Gasteiger partial charge on any atom is 0.306 e. The van der Waals surface area contributed by atoms with E-state index in [1.54, 1.807) is 19.3 Å². The van der Waals surface area contributed by atoms with E-state index in [2.05, 4.69) is 5.10 Å². The first kappa shape index (κ1) is 15.2. The number of carbonyl (C=O) groups excluding carboxylic acids is 2. The van der Waals surface area contributed by atoms with Crippen molar-refractivity contribution in [2.45, 2.75) is 39.7 Å². The van der Waals surface area contributed by atoms with Crippen molar-refractivity contribution < 1.29 is 19.1 Å².